The molecule has 0 saturated carbocycles. The molecular formula is C4H4I2N2. The van der Waals surface area contributed by atoms with E-state index in [9.17, 15) is 0 Å². The summed E-state index contributed by atoms with van der Waals surface area (Å²) in [5.41, 5.74) is 0. The van der Waals surface area contributed by atoms with Crippen LogP contribution in [0.2, 0.25) is 0 Å². The van der Waals surface area contributed by atoms with Gasteiger partial charge in [-0.3, -0.25) is 9.97 Å². The highest BCUT2D eigenvalue weighted by molar-refractivity contribution is 15.0. The average molecular weight is 334 g/mol. The third-order valence-electron chi connectivity index (χ3n) is 0.478. The van der Waals surface area contributed by atoms with Gasteiger partial charge in [-0.2, -0.15) is 0 Å². The predicted octanol–water partition coefficient (Wildman–Crippen LogP) is 2.25. The summed E-state index contributed by atoms with van der Waals surface area (Å²) in [6.45, 7) is 0. The summed E-state index contributed by atoms with van der Waals surface area (Å²) in [5.74, 6) is 0. The van der Waals surface area contributed by atoms with Gasteiger partial charge >= 0.3 is 0 Å². The number of rotatable bonds is 0. The third-order valence-corrected chi connectivity index (χ3v) is 0.478. The molecule has 0 saturated heterocycles. The molecule has 8 heavy (non-hydrogen) atoms. The van der Waals surface area contributed by atoms with Crippen molar-refractivity contribution in [1.29, 1.82) is 0 Å². The minimum absolute atomic E-state index is 1.64. The first-order valence-electron chi connectivity index (χ1n) is 1.84. The molecule has 0 N–H and O–H groups in total. The molecule has 2 nitrogen and oxygen atoms in total. The number of halogens is 2. The van der Waals surface area contributed by atoms with Gasteiger partial charge in [-0.15, -0.1) is 0 Å². The number of hydrogen-bond donors (Lipinski definition) is 0. The van der Waals surface area contributed by atoms with E-state index in [2.05, 4.69) is 47.2 Å². The number of hydrogen-bond acceptors (Lipinski definition) is 2. The molecule has 1 aromatic rings. The molecule has 0 atom stereocenters. The van der Waals surface area contributed by atoms with Crippen LogP contribution in [-0.4, -0.2) is 9.97 Å². The van der Waals surface area contributed by atoms with E-state index in [-0.39, 0.29) is 0 Å². The topological polar surface area (TPSA) is 25.8 Å². The quantitative estimate of drug-likeness (QED) is 0.681. The molecule has 0 aliphatic rings. The van der Waals surface area contributed by atoms with Gasteiger partial charge in [-0.25, -0.2) is 0 Å². The van der Waals surface area contributed by atoms with Crippen LogP contribution in [0.5, 0.6) is 0 Å². The second kappa shape index (κ2) is 7.54. The minimum atomic E-state index is 1.64. The lowest BCUT2D eigenvalue weighted by atomic mass is 10.8. The van der Waals surface area contributed by atoms with Crippen molar-refractivity contribution in [3.8, 4) is 0 Å². The van der Waals surface area contributed by atoms with Crippen molar-refractivity contribution < 1.29 is 0 Å². The van der Waals surface area contributed by atoms with Crippen LogP contribution in [-0.2, 0) is 0 Å². The van der Waals surface area contributed by atoms with Gasteiger partial charge in [0.05, 0.1) is 0 Å². The van der Waals surface area contributed by atoms with Crippen LogP contribution in [0.25, 0.3) is 0 Å². The Bertz CT molecular complexity index is 84.0. The van der Waals surface area contributed by atoms with Crippen LogP contribution < -0.4 is 0 Å². The molecule has 0 amide bonds. The Morgan fingerprint density at radius 3 is 1.12 bits per heavy atom. The SMILES string of the molecule is II.c1cnccn1. The predicted molar refractivity (Wildman–Crippen MR) is 50.1 cm³/mol. The molecule has 0 aliphatic heterocycles. The lowest BCUT2D eigenvalue weighted by Gasteiger charge is -1.70. The Morgan fingerprint density at radius 2 is 1.00 bits per heavy atom. The van der Waals surface area contributed by atoms with Gasteiger partial charge < -0.3 is 0 Å². The molecule has 1 aromatic heterocycles. The van der Waals surface area contributed by atoms with Gasteiger partial charge in [0.2, 0.25) is 0 Å². The summed E-state index contributed by atoms with van der Waals surface area (Å²) in [6.07, 6.45) is 6.56. The van der Waals surface area contributed by atoms with Crippen molar-refractivity contribution >= 4 is 37.2 Å². The van der Waals surface area contributed by atoms with Crippen molar-refractivity contribution in [2.45, 2.75) is 0 Å². The van der Waals surface area contributed by atoms with Crippen LogP contribution in [0.15, 0.2) is 24.8 Å². The van der Waals surface area contributed by atoms with Crippen molar-refractivity contribution in [2.24, 2.45) is 0 Å². The van der Waals surface area contributed by atoms with Gasteiger partial charge in [-0.1, -0.05) is 0 Å². The van der Waals surface area contributed by atoms with Crippen LogP contribution in [0.1, 0.15) is 0 Å². The maximum absolute atomic E-state index is 3.72. The van der Waals surface area contributed by atoms with E-state index in [1.807, 2.05) is 0 Å². The molecule has 0 radical (unpaired) electrons. The largest absolute Gasteiger partial charge is 0.262 e. The highest BCUT2D eigenvalue weighted by Gasteiger charge is 1.59. The maximum atomic E-state index is 3.72. The highest BCUT2D eigenvalue weighted by atomic mass is 128. The zero-order valence-electron chi connectivity index (χ0n) is 3.96. The van der Waals surface area contributed by atoms with Crippen molar-refractivity contribution in [1.82, 2.24) is 9.97 Å². The first-order valence-corrected chi connectivity index (χ1v) is 8.13. The molecule has 0 bridgehead atoms. The van der Waals surface area contributed by atoms with Crippen LogP contribution >= 0.6 is 37.2 Å². The molecular weight excluding hydrogens is 330 g/mol. The molecule has 1 heterocycles. The molecule has 0 fully saturated rings. The Balaban J connectivity index is 0.000000222. The Hall–Kier alpha value is 0.540. The fraction of sp³-hybridized carbons (Fsp3) is 0. The van der Waals surface area contributed by atoms with Crippen molar-refractivity contribution in [2.75, 3.05) is 0 Å². The van der Waals surface area contributed by atoms with Gasteiger partial charge in [0, 0.05) is 62.0 Å². The van der Waals surface area contributed by atoms with Gasteiger partial charge in [-0.05, 0) is 0 Å². The zero-order valence-corrected chi connectivity index (χ0v) is 8.27. The van der Waals surface area contributed by atoms with Crippen molar-refractivity contribution in [3.63, 3.8) is 0 Å². The Morgan fingerprint density at radius 1 is 0.750 bits per heavy atom. The number of nitrogens with zero attached hydrogens (tertiary/aromatic N) is 2. The molecule has 44 valence electrons. The van der Waals surface area contributed by atoms with E-state index in [4.69, 9.17) is 0 Å². The molecule has 0 unspecified atom stereocenters. The lowest BCUT2D eigenvalue weighted by Crippen LogP contribution is -1.66. The summed E-state index contributed by atoms with van der Waals surface area (Å²) in [4.78, 5) is 7.44. The minimum Gasteiger partial charge on any atom is -0.262 e. The van der Waals surface area contributed by atoms with E-state index in [1.54, 1.807) is 24.8 Å². The highest BCUT2D eigenvalue weighted by Crippen LogP contribution is 1.89. The monoisotopic (exact) mass is 334 g/mol. The summed E-state index contributed by atoms with van der Waals surface area (Å²) in [7, 11) is 0. The van der Waals surface area contributed by atoms with E-state index in [1.165, 1.54) is 0 Å². The molecule has 1 rings (SSSR count). The molecule has 0 spiro atoms. The third kappa shape index (κ3) is 4.69. The standard InChI is InChI=1S/C4H4N2.I2/c1-2-6-4-3-5-1;1-2/h1-4H;. The van der Waals surface area contributed by atoms with E-state index >= 15 is 0 Å². The Kier molecular flexibility index (Phi) is 8.05. The van der Waals surface area contributed by atoms with Crippen LogP contribution in [0.3, 0.4) is 0 Å². The lowest BCUT2D eigenvalue weighted by molar-refractivity contribution is 1.20. The fourth-order valence-corrected chi connectivity index (χ4v) is 0.253. The second-order valence-corrected chi connectivity index (χ2v) is 0.894. The molecule has 0 aliphatic carbocycles. The summed E-state index contributed by atoms with van der Waals surface area (Å²) in [6, 6.07) is 0. The molecule has 4 heteroatoms. The summed E-state index contributed by atoms with van der Waals surface area (Å²) < 4.78 is 0. The van der Waals surface area contributed by atoms with Crippen LogP contribution in [0.4, 0.5) is 0 Å². The number of aromatic nitrogens is 2. The summed E-state index contributed by atoms with van der Waals surface area (Å²) >= 11 is 4.24. The van der Waals surface area contributed by atoms with Crippen LogP contribution in [0, 0.1) is 0 Å². The van der Waals surface area contributed by atoms with E-state index in [0.29, 0.717) is 0 Å². The second-order valence-electron chi connectivity index (χ2n) is 0.894. The van der Waals surface area contributed by atoms with Gasteiger partial charge in [0.25, 0.3) is 0 Å². The van der Waals surface area contributed by atoms with Crippen molar-refractivity contribution in [3.05, 3.63) is 24.8 Å². The first-order chi connectivity index (χ1) is 4.00. The van der Waals surface area contributed by atoms with E-state index in [0.717, 1.165) is 0 Å². The first kappa shape index (κ1) is 8.54. The van der Waals surface area contributed by atoms with Gasteiger partial charge in [0.15, 0.2) is 0 Å². The maximum Gasteiger partial charge on any atom is 0.0451 e. The summed E-state index contributed by atoms with van der Waals surface area (Å²) in [5, 5.41) is 0. The fourth-order valence-electron chi connectivity index (χ4n) is 0.253. The Labute approximate surface area is 71.4 Å². The normalized spacial score (nSPS) is 6.75. The smallest absolute Gasteiger partial charge is 0.0451 e. The molecule has 0 aromatic carbocycles. The zero-order chi connectivity index (χ0) is 6.24. The van der Waals surface area contributed by atoms with E-state index < -0.39 is 0 Å². The van der Waals surface area contributed by atoms with Gasteiger partial charge in [0.1, 0.15) is 0 Å². The average Bonchev–Trinajstić information content (AvgIpc) is 1.96.